The number of benzene rings is 1. The molecule has 106 valence electrons. The number of aromatic nitrogens is 2. The fraction of sp³-hybridized carbons (Fsp3) is 0.467. The number of hydrogen-bond acceptors (Lipinski definition) is 5. The highest BCUT2D eigenvalue weighted by Crippen LogP contribution is 2.28. The van der Waals surface area contributed by atoms with Crippen molar-refractivity contribution < 1.29 is 4.74 Å². The largest absolute Gasteiger partial charge is 0.470 e. The van der Waals surface area contributed by atoms with Gasteiger partial charge in [-0.1, -0.05) is 29.8 Å². The molecule has 1 saturated heterocycles. The topological polar surface area (TPSA) is 38.3 Å². The quantitative estimate of drug-likeness (QED) is 0.864. The summed E-state index contributed by atoms with van der Waals surface area (Å²) in [5, 5.41) is 0. The molecule has 0 atom stereocenters. The predicted molar refractivity (Wildman–Crippen MR) is 81.5 cm³/mol. The summed E-state index contributed by atoms with van der Waals surface area (Å²) < 4.78 is 14.5. The average molecular weight is 289 g/mol. The Morgan fingerprint density at radius 1 is 1.10 bits per heavy atom. The minimum absolute atomic E-state index is 0.548. The predicted octanol–water partition coefficient (Wildman–Crippen LogP) is 3.42. The van der Waals surface area contributed by atoms with E-state index in [0.717, 1.165) is 24.5 Å². The number of ether oxygens (including phenoxy) is 1. The standard InChI is InChI=1S/C15H19N3OS/c1-12-5-7-13(8-6-12)11-19-15-14(16-20-17-15)18-9-3-2-4-10-18/h5-8H,2-4,9-11H2,1H3. The van der Waals surface area contributed by atoms with Gasteiger partial charge in [-0.25, -0.2) is 0 Å². The van der Waals surface area contributed by atoms with Gasteiger partial charge in [0.1, 0.15) is 6.61 Å². The van der Waals surface area contributed by atoms with Crippen molar-refractivity contribution >= 4 is 17.5 Å². The molecule has 0 aliphatic carbocycles. The molecule has 1 aliphatic rings. The maximum atomic E-state index is 5.85. The van der Waals surface area contributed by atoms with E-state index in [9.17, 15) is 0 Å². The Kier molecular flexibility index (Phi) is 4.16. The molecule has 3 rings (SSSR count). The third kappa shape index (κ3) is 3.10. The zero-order chi connectivity index (χ0) is 13.8. The van der Waals surface area contributed by atoms with Gasteiger partial charge in [-0.2, -0.15) is 4.37 Å². The SMILES string of the molecule is Cc1ccc(COc2nsnc2N2CCCCC2)cc1. The molecule has 0 N–H and O–H groups in total. The molecule has 2 aromatic rings. The first-order valence-electron chi connectivity index (χ1n) is 7.09. The number of rotatable bonds is 4. The van der Waals surface area contributed by atoms with Gasteiger partial charge in [-0.3, -0.25) is 0 Å². The van der Waals surface area contributed by atoms with Crippen LogP contribution in [0.2, 0.25) is 0 Å². The molecule has 1 aliphatic heterocycles. The maximum Gasteiger partial charge on any atom is 0.271 e. The van der Waals surface area contributed by atoms with Gasteiger partial charge in [-0.15, -0.1) is 4.37 Å². The van der Waals surface area contributed by atoms with Crippen LogP contribution < -0.4 is 9.64 Å². The van der Waals surface area contributed by atoms with E-state index >= 15 is 0 Å². The van der Waals surface area contributed by atoms with Crippen LogP contribution in [-0.2, 0) is 6.61 Å². The van der Waals surface area contributed by atoms with E-state index in [1.54, 1.807) is 0 Å². The minimum Gasteiger partial charge on any atom is -0.470 e. The average Bonchev–Trinajstić information content (AvgIpc) is 2.96. The fourth-order valence-electron chi connectivity index (χ4n) is 2.40. The second kappa shape index (κ2) is 6.22. The zero-order valence-corrected chi connectivity index (χ0v) is 12.5. The number of anilines is 1. The molecule has 4 nitrogen and oxygen atoms in total. The van der Waals surface area contributed by atoms with Crippen molar-refractivity contribution in [1.29, 1.82) is 0 Å². The van der Waals surface area contributed by atoms with Gasteiger partial charge in [0.25, 0.3) is 5.88 Å². The smallest absolute Gasteiger partial charge is 0.271 e. The van der Waals surface area contributed by atoms with Crippen molar-refractivity contribution in [3.63, 3.8) is 0 Å². The fourth-order valence-corrected chi connectivity index (χ4v) is 2.92. The molecular formula is C15H19N3OS. The summed E-state index contributed by atoms with van der Waals surface area (Å²) in [5.74, 6) is 1.60. The van der Waals surface area contributed by atoms with Crippen molar-refractivity contribution in [3.05, 3.63) is 35.4 Å². The molecule has 0 spiro atoms. The summed E-state index contributed by atoms with van der Waals surface area (Å²) in [5.41, 5.74) is 2.42. The second-order valence-electron chi connectivity index (χ2n) is 5.21. The van der Waals surface area contributed by atoms with Crippen LogP contribution in [0.3, 0.4) is 0 Å². The Bertz CT molecular complexity index is 547. The molecule has 1 fully saturated rings. The first-order valence-corrected chi connectivity index (χ1v) is 7.82. The molecule has 0 bridgehead atoms. The number of hydrogen-bond donors (Lipinski definition) is 0. The van der Waals surface area contributed by atoms with Crippen LogP contribution >= 0.6 is 11.7 Å². The number of piperidine rings is 1. The van der Waals surface area contributed by atoms with Gasteiger partial charge in [0, 0.05) is 13.1 Å². The second-order valence-corrected chi connectivity index (χ2v) is 5.74. The van der Waals surface area contributed by atoms with Gasteiger partial charge in [0.05, 0.1) is 11.7 Å². The van der Waals surface area contributed by atoms with Crippen LogP contribution in [0.15, 0.2) is 24.3 Å². The van der Waals surface area contributed by atoms with Gasteiger partial charge < -0.3 is 9.64 Å². The van der Waals surface area contributed by atoms with Crippen LogP contribution in [0.1, 0.15) is 30.4 Å². The van der Waals surface area contributed by atoms with Gasteiger partial charge in [0.15, 0.2) is 0 Å². The maximum absolute atomic E-state index is 5.85. The van der Waals surface area contributed by atoms with Crippen LogP contribution in [-0.4, -0.2) is 21.8 Å². The molecule has 20 heavy (non-hydrogen) atoms. The van der Waals surface area contributed by atoms with E-state index in [4.69, 9.17) is 4.74 Å². The highest BCUT2D eigenvalue weighted by atomic mass is 32.1. The number of aryl methyl sites for hydroxylation is 1. The van der Waals surface area contributed by atoms with Crippen molar-refractivity contribution in [2.75, 3.05) is 18.0 Å². The summed E-state index contributed by atoms with van der Waals surface area (Å²) in [7, 11) is 0. The van der Waals surface area contributed by atoms with E-state index in [0.29, 0.717) is 12.5 Å². The van der Waals surface area contributed by atoms with Crippen molar-refractivity contribution in [2.45, 2.75) is 32.8 Å². The Hall–Kier alpha value is -1.62. The molecule has 0 amide bonds. The Morgan fingerprint density at radius 2 is 1.85 bits per heavy atom. The Morgan fingerprint density at radius 3 is 2.60 bits per heavy atom. The summed E-state index contributed by atoms with van der Waals surface area (Å²) in [6.07, 6.45) is 3.78. The lowest BCUT2D eigenvalue weighted by Crippen LogP contribution is -2.30. The third-order valence-corrected chi connectivity index (χ3v) is 4.10. The monoisotopic (exact) mass is 289 g/mol. The molecule has 5 heteroatoms. The van der Waals surface area contributed by atoms with Gasteiger partial charge >= 0.3 is 0 Å². The van der Waals surface area contributed by atoms with Crippen molar-refractivity contribution in [3.8, 4) is 5.88 Å². The lowest BCUT2D eigenvalue weighted by Gasteiger charge is -2.26. The van der Waals surface area contributed by atoms with Crippen molar-refractivity contribution in [1.82, 2.24) is 8.75 Å². The Labute approximate surface area is 123 Å². The normalized spacial score (nSPS) is 15.3. The minimum atomic E-state index is 0.548. The summed E-state index contributed by atoms with van der Waals surface area (Å²) in [4.78, 5) is 2.29. The van der Waals surface area contributed by atoms with E-state index in [2.05, 4.69) is 44.8 Å². The molecule has 0 saturated carbocycles. The van der Waals surface area contributed by atoms with Crippen LogP contribution in [0.4, 0.5) is 5.82 Å². The molecule has 1 aromatic heterocycles. The van der Waals surface area contributed by atoms with Crippen LogP contribution in [0.25, 0.3) is 0 Å². The van der Waals surface area contributed by atoms with E-state index in [1.165, 1.54) is 36.6 Å². The van der Waals surface area contributed by atoms with Crippen LogP contribution in [0.5, 0.6) is 5.88 Å². The molecule has 2 heterocycles. The molecular weight excluding hydrogens is 270 g/mol. The first-order chi connectivity index (χ1) is 9.83. The molecule has 0 radical (unpaired) electrons. The molecule has 1 aromatic carbocycles. The zero-order valence-electron chi connectivity index (χ0n) is 11.7. The summed E-state index contributed by atoms with van der Waals surface area (Å²) >= 11 is 1.23. The summed E-state index contributed by atoms with van der Waals surface area (Å²) in [6, 6.07) is 8.39. The highest BCUT2D eigenvalue weighted by Gasteiger charge is 2.19. The lowest BCUT2D eigenvalue weighted by atomic mass is 10.1. The number of nitrogens with zero attached hydrogens (tertiary/aromatic N) is 3. The lowest BCUT2D eigenvalue weighted by molar-refractivity contribution is 0.296. The van der Waals surface area contributed by atoms with E-state index in [1.807, 2.05) is 0 Å². The third-order valence-electron chi connectivity index (χ3n) is 3.59. The van der Waals surface area contributed by atoms with E-state index in [-0.39, 0.29) is 0 Å². The van der Waals surface area contributed by atoms with Crippen LogP contribution in [0, 0.1) is 6.92 Å². The molecule has 0 unspecified atom stereocenters. The summed E-state index contributed by atoms with van der Waals surface area (Å²) in [6.45, 7) is 4.76. The van der Waals surface area contributed by atoms with Crippen molar-refractivity contribution in [2.24, 2.45) is 0 Å². The first kappa shape index (κ1) is 13.4. The van der Waals surface area contributed by atoms with E-state index < -0.39 is 0 Å². The Balaban J connectivity index is 1.65. The van der Waals surface area contributed by atoms with Gasteiger partial charge in [-0.05, 0) is 31.7 Å². The van der Waals surface area contributed by atoms with Gasteiger partial charge in [0.2, 0.25) is 5.82 Å². The highest BCUT2D eigenvalue weighted by molar-refractivity contribution is 6.99.